The Morgan fingerprint density at radius 1 is 0.651 bits per heavy atom. The number of aliphatic hydroxyl groups excluding tert-OH is 1. The second-order valence-corrected chi connectivity index (χ2v) is 24.8. The number of piperidine rings is 1. The predicted molar refractivity (Wildman–Crippen MR) is 323 cm³/mol. The van der Waals surface area contributed by atoms with Crippen LogP contribution in [0.15, 0.2) is 24.3 Å². The number of carbonyl (C=O) groups is 11. The Kier molecular flexibility index (Phi) is 28.4. The van der Waals surface area contributed by atoms with Crippen molar-refractivity contribution in [3.8, 4) is 5.75 Å². The minimum Gasteiger partial charge on any atom is -0.497 e. The number of methoxy groups -OCH3 is 1. The summed E-state index contributed by atoms with van der Waals surface area (Å²) in [7, 11) is 8.42. The highest BCUT2D eigenvalue weighted by molar-refractivity contribution is 6.00. The van der Waals surface area contributed by atoms with Crippen LogP contribution in [0.25, 0.3) is 0 Å². The molecule has 0 radical (unpaired) electrons. The monoisotopic (exact) mass is 1210 g/mol. The van der Waals surface area contributed by atoms with Gasteiger partial charge in [0.2, 0.25) is 53.2 Å². The number of likely N-dealkylation sites (N-methyl/N-ethyl adjacent to an activating group) is 5. The normalized spacial score (nSPS) is 26.1. The molecule has 3 rings (SSSR count). The van der Waals surface area contributed by atoms with E-state index in [0.717, 1.165) is 9.80 Å². The van der Waals surface area contributed by atoms with E-state index in [1.54, 1.807) is 93.5 Å². The van der Waals surface area contributed by atoms with Crippen LogP contribution >= 0.6 is 0 Å². The second kappa shape index (κ2) is 33.3. The van der Waals surface area contributed by atoms with Crippen LogP contribution in [0.2, 0.25) is 0 Å². The molecule has 0 spiro atoms. The zero-order valence-corrected chi connectivity index (χ0v) is 54.6. The van der Waals surface area contributed by atoms with Crippen molar-refractivity contribution in [2.45, 2.75) is 195 Å². The minimum atomic E-state index is -1.60. The molecule has 2 aliphatic heterocycles. The SMILES string of the molecule is CC[C@@H](C)[C@H]1C(=O)NCC(=O)N(C)[C@@H](C(C)C)C(=O)N[C@@H](Cc2ccc(OC)cc2)C(=O)O[C@H](C)C(=O)N2CCCC[C@H]2C(=O)N(C)[C@@H](C(C)C)C(=O)N[C@@H](C(C)C)C(=O)N(C)[C@H](CC(=O)N[C@H](CO)C(C)C)C(=O)N(C)[C@@H]([C@@H](C)CC)C(=O)N1C. The summed E-state index contributed by atoms with van der Waals surface area (Å²) in [5.41, 5.74) is 0.582. The predicted octanol–water partition coefficient (Wildman–Crippen LogP) is 2.37. The number of nitrogens with one attached hydrogen (secondary N) is 4. The lowest BCUT2D eigenvalue weighted by Crippen LogP contribution is -2.63. The van der Waals surface area contributed by atoms with E-state index in [1.807, 2.05) is 13.8 Å². The highest BCUT2D eigenvalue weighted by Crippen LogP contribution is 2.27. The maximum Gasteiger partial charge on any atom is 0.329 e. The van der Waals surface area contributed by atoms with Crippen LogP contribution in [-0.4, -0.2) is 222 Å². The molecule has 0 saturated carbocycles. The van der Waals surface area contributed by atoms with Crippen molar-refractivity contribution in [3.05, 3.63) is 29.8 Å². The van der Waals surface area contributed by atoms with Crippen molar-refractivity contribution in [1.29, 1.82) is 0 Å². The maximum atomic E-state index is 15.3. The van der Waals surface area contributed by atoms with Crippen LogP contribution in [0.1, 0.15) is 134 Å². The molecule has 2 aliphatic rings. The molecular weight excluding hydrogens is 1110 g/mol. The summed E-state index contributed by atoms with van der Waals surface area (Å²) in [4.78, 5) is 169. The molecule has 12 atom stereocenters. The van der Waals surface area contributed by atoms with Crippen molar-refractivity contribution >= 4 is 65.0 Å². The van der Waals surface area contributed by atoms with Crippen LogP contribution in [0.5, 0.6) is 5.75 Å². The third-order valence-electron chi connectivity index (χ3n) is 17.2. The van der Waals surface area contributed by atoms with E-state index in [0.29, 0.717) is 37.0 Å². The molecule has 0 bridgehead atoms. The summed E-state index contributed by atoms with van der Waals surface area (Å²) >= 11 is 0. The fourth-order valence-corrected chi connectivity index (χ4v) is 11.4. The molecule has 2 fully saturated rings. The number of cyclic esters (lactones) is 1. The molecule has 2 heterocycles. The van der Waals surface area contributed by atoms with Gasteiger partial charge in [-0.25, -0.2) is 4.79 Å². The van der Waals surface area contributed by atoms with E-state index in [2.05, 4.69) is 21.3 Å². The minimum absolute atomic E-state index is 0.106. The van der Waals surface area contributed by atoms with Gasteiger partial charge in [0.1, 0.15) is 54.1 Å². The molecule has 1 aromatic carbocycles. The second-order valence-electron chi connectivity index (χ2n) is 24.8. The Morgan fingerprint density at radius 3 is 1.71 bits per heavy atom. The van der Waals surface area contributed by atoms with E-state index >= 15 is 14.4 Å². The lowest BCUT2D eigenvalue weighted by Gasteiger charge is -2.41. The molecule has 10 amide bonds. The van der Waals surface area contributed by atoms with Gasteiger partial charge in [-0.1, -0.05) is 108 Å². The molecule has 5 N–H and O–H groups in total. The van der Waals surface area contributed by atoms with E-state index in [4.69, 9.17) is 9.47 Å². The fraction of sp³-hybridized carbons (Fsp3) is 0.726. The first-order valence-electron chi connectivity index (χ1n) is 30.5. The Bertz CT molecular complexity index is 2530. The maximum absolute atomic E-state index is 15.3. The van der Waals surface area contributed by atoms with Crippen molar-refractivity contribution in [3.63, 3.8) is 0 Å². The van der Waals surface area contributed by atoms with Gasteiger partial charge in [0.05, 0.1) is 32.7 Å². The van der Waals surface area contributed by atoms with Gasteiger partial charge in [-0.15, -0.1) is 0 Å². The lowest BCUT2D eigenvalue weighted by atomic mass is 9.92. The number of aliphatic hydroxyl groups is 1. The summed E-state index contributed by atoms with van der Waals surface area (Å²) < 4.78 is 11.2. The molecule has 24 nitrogen and oxygen atoms in total. The fourth-order valence-electron chi connectivity index (χ4n) is 11.4. The first-order chi connectivity index (χ1) is 40.2. The number of ether oxygens (including phenoxy) is 2. The average molecular weight is 1210 g/mol. The Morgan fingerprint density at radius 2 is 1.19 bits per heavy atom. The standard InChI is InChI=1S/C62H102N10O14/c1-20-38(11)52-54(76)63-32-48(75)68(15)50(36(7)8)55(77)65-43(30-41-25-27-42(85-19)28-26-41)62(84)86-40(13)57(79)72-29-23-22-24-45(72)58(80)69(16)51(37(9)10)56(78)66-49(35(5)6)60(82)67(14)46(31-47(74)64-44(33-73)34(3)4)59(81)71(18)53(39(12)21-2)61(83)70(52)17/h25-28,34-40,43-46,49-53,73H,20-24,29-33H2,1-19H3,(H,63,76)(H,64,74)(H,65,77)(H,66,78)/t38-,39+,40-,43+,44-,45+,46-,49+,50+,51+,52+,53+/m1/s1. The number of esters is 1. The summed E-state index contributed by atoms with van der Waals surface area (Å²) in [6.45, 7) is 21.3. The quantitative estimate of drug-likeness (QED) is 0.158. The van der Waals surface area contributed by atoms with E-state index in [-0.39, 0.29) is 25.3 Å². The number of fused-ring (bicyclic) bond motifs is 1. The first kappa shape index (κ1) is 73.4. The number of rotatable bonds is 15. The largest absolute Gasteiger partial charge is 0.497 e. The van der Waals surface area contributed by atoms with Gasteiger partial charge < -0.3 is 65.2 Å². The van der Waals surface area contributed by atoms with Gasteiger partial charge in [0.15, 0.2) is 6.10 Å². The van der Waals surface area contributed by atoms with Crippen LogP contribution in [0.3, 0.4) is 0 Å². The highest BCUT2D eigenvalue weighted by atomic mass is 16.5. The molecule has 2 saturated heterocycles. The smallest absolute Gasteiger partial charge is 0.329 e. The number of carbonyl (C=O) groups excluding carboxylic acids is 11. The summed E-state index contributed by atoms with van der Waals surface area (Å²) in [5, 5.41) is 21.2. The van der Waals surface area contributed by atoms with Crippen LogP contribution in [0.4, 0.5) is 0 Å². The molecule has 24 heteroatoms. The molecule has 0 unspecified atom stereocenters. The summed E-state index contributed by atoms with van der Waals surface area (Å²) in [5.74, 6) is -10.7. The Hall–Kier alpha value is -6.85. The van der Waals surface area contributed by atoms with Crippen molar-refractivity contribution in [1.82, 2.24) is 50.7 Å². The van der Waals surface area contributed by atoms with Crippen molar-refractivity contribution in [2.75, 3.05) is 62.0 Å². The van der Waals surface area contributed by atoms with E-state index in [1.165, 1.54) is 68.9 Å². The highest BCUT2D eigenvalue weighted by Gasteiger charge is 2.46. The topological polar surface area (TPSA) is 294 Å². The Labute approximate surface area is 509 Å². The van der Waals surface area contributed by atoms with Gasteiger partial charge in [-0.05, 0) is 79.4 Å². The molecule has 0 aromatic heterocycles. The van der Waals surface area contributed by atoms with Crippen LogP contribution in [0, 0.1) is 35.5 Å². The first-order valence-corrected chi connectivity index (χ1v) is 30.5. The van der Waals surface area contributed by atoms with Gasteiger partial charge in [-0.2, -0.15) is 0 Å². The number of hydrogen-bond donors (Lipinski definition) is 5. The van der Waals surface area contributed by atoms with Gasteiger partial charge in [-0.3, -0.25) is 47.9 Å². The molecule has 86 heavy (non-hydrogen) atoms. The number of nitrogens with zero attached hydrogens (tertiary/aromatic N) is 6. The zero-order valence-electron chi connectivity index (χ0n) is 54.6. The Balaban J connectivity index is 2.32. The molecule has 1 aromatic rings. The number of hydrogen-bond acceptors (Lipinski definition) is 14. The third-order valence-corrected chi connectivity index (χ3v) is 17.2. The summed E-state index contributed by atoms with van der Waals surface area (Å²) in [6, 6.07) is -4.38. The lowest BCUT2D eigenvalue weighted by molar-refractivity contribution is -0.165. The average Bonchev–Trinajstić information content (AvgIpc) is 1.39. The third kappa shape index (κ3) is 18.6. The summed E-state index contributed by atoms with van der Waals surface area (Å²) in [6.07, 6.45) is -0.230. The van der Waals surface area contributed by atoms with Crippen LogP contribution < -0.4 is 26.0 Å². The van der Waals surface area contributed by atoms with Gasteiger partial charge in [0, 0.05) is 48.2 Å². The van der Waals surface area contributed by atoms with Gasteiger partial charge in [0.25, 0.3) is 5.91 Å². The van der Waals surface area contributed by atoms with Crippen molar-refractivity contribution < 1.29 is 67.3 Å². The molecule has 484 valence electrons. The number of amides is 10. The molecule has 0 aliphatic carbocycles. The van der Waals surface area contributed by atoms with E-state index in [9.17, 15) is 43.5 Å². The van der Waals surface area contributed by atoms with E-state index < -0.39 is 175 Å². The number of benzene rings is 1. The molecular formula is C62H102N10O14. The zero-order chi connectivity index (χ0) is 65.3. The van der Waals surface area contributed by atoms with Crippen molar-refractivity contribution in [2.24, 2.45) is 35.5 Å². The van der Waals surface area contributed by atoms with Gasteiger partial charge >= 0.3 is 5.97 Å². The van der Waals surface area contributed by atoms with Crippen LogP contribution in [-0.2, 0) is 63.9 Å².